The van der Waals surface area contributed by atoms with E-state index in [1.54, 1.807) is 0 Å². The van der Waals surface area contributed by atoms with Crippen molar-refractivity contribution in [2.75, 3.05) is 19.6 Å². The van der Waals surface area contributed by atoms with Crippen molar-refractivity contribution in [3.8, 4) is 0 Å². The Morgan fingerprint density at radius 2 is 1.92 bits per heavy atom. The van der Waals surface area contributed by atoms with Crippen LogP contribution in [0.25, 0.3) is 0 Å². The van der Waals surface area contributed by atoms with E-state index in [0.29, 0.717) is 0 Å². The van der Waals surface area contributed by atoms with Crippen LogP contribution in [0.1, 0.15) is 70.7 Å². The van der Waals surface area contributed by atoms with Gasteiger partial charge in [0.25, 0.3) is 0 Å². The molecule has 0 spiro atoms. The molecule has 0 bridgehead atoms. The Kier molecular flexibility index (Phi) is 6.50. The normalized spacial score (nSPS) is 17.6. The van der Waals surface area contributed by atoms with Crippen LogP contribution in [0.2, 0.25) is 0 Å². The summed E-state index contributed by atoms with van der Waals surface area (Å²) in [4.78, 5) is 16.9. The van der Waals surface area contributed by atoms with Crippen molar-refractivity contribution in [2.45, 2.75) is 72.6 Å². The lowest BCUT2D eigenvalue weighted by Crippen LogP contribution is -2.42. The largest absolute Gasteiger partial charge is 0.444 e. The number of rotatable bonds is 5. The molecule has 0 N–H and O–H groups in total. The van der Waals surface area contributed by atoms with E-state index in [0.717, 1.165) is 39.0 Å². The Balaban J connectivity index is 2.20. The molecule has 1 amide bonds. The molecule has 0 aromatic heterocycles. The van der Waals surface area contributed by atoms with Crippen LogP contribution in [0.15, 0.2) is 18.2 Å². The molecule has 4 heteroatoms. The number of fused-ring (bicyclic) bond motifs is 1. The van der Waals surface area contributed by atoms with E-state index in [4.69, 9.17) is 4.74 Å². The number of carbonyl (C=O) groups excluding carboxylic acids is 1. The zero-order valence-electron chi connectivity index (χ0n) is 16.8. The van der Waals surface area contributed by atoms with Crippen molar-refractivity contribution in [1.29, 1.82) is 0 Å². The van der Waals surface area contributed by atoms with E-state index in [1.165, 1.54) is 16.7 Å². The van der Waals surface area contributed by atoms with Gasteiger partial charge in [0, 0.05) is 13.1 Å². The van der Waals surface area contributed by atoms with Gasteiger partial charge in [-0.15, -0.1) is 0 Å². The van der Waals surface area contributed by atoms with Gasteiger partial charge in [-0.2, -0.15) is 0 Å². The molecule has 25 heavy (non-hydrogen) atoms. The Bertz CT molecular complexity index is 588. The summed E-state index contributed by atoms with van der Waals surface area (Å²) in [5, 5.41) is 0. The second kappa shape index (κ2) is 8.22. The summed E-state index contributed by atoms with van der Waals surface area (Å²) in [5.41, 5.74) is 3.57. The molecule has 0 saturated carbocycles. The maximum atomic E-state index is 12.6. The van der Waals surface area contributed by atoms with Gasteiger partial charge in [-0.1, -0.05) is 39.0 Å². The molecule has 1 aliphatic rings. The summed E-state index contributed by atoms with van der Waals surface area (Å²) in [7, 11) is 0. The van der Waals surface area contributed by atoms with Crippen LogP contribution >= 0.6 is 0 Å². The Morgan fingerprint density at radius 3 is 2.48 bits per heavy atom. The van der Waals surface area contributed by atoms with Gasteiger partial charge in [0.15, 0.2) is 0 Å². The van der Waals surface area contributed by atoms with Crippen LogP contribution in [0.4, 0.5) is 4.79 Å². The molecule has 1 unspecified atom stereocenters. The van der Waals surface area contributed by atoms with Crippen LogP contribution in [-0.2, 0) is 17.7 Å². The first-order chi connectivity index (χ1) is 11.8. The SMILES string of the molecule is CCC1c2ccc(CN(CC)CC)cc2CCN1C(=O)OC(C)(C)C. The van der Waals surface area contributed by atoms with Gasteiger partial charge >= 0.3 is 6.09 Å². The summed E-state index contributed by atoms with van der Waals surface area (Å²) in [6.07, 6.45) is 1.61. The predicted molar refractivity (Wildman–Crippen MR) is 103 cm³/mol. The Morgan fingerprint density at radius 1 is 1.24 bits per heavy atom. The van der Waals surface area contributed by atoms with Crippen molar-refractivity contribution in [2.24, 2.45) is 0 Å². The van der Waals surface area contributed by atoms with E-state index in [-0.39, 0.29) is 12.1 Å². The van der Waals surface area contributed by atoms with Crippen LogP contribution < -0.4 is 0 Å². The number of hydrogen-bond acceptors (Lipinski definition) is 3. The highest BCUT2D eigenvalue weighted by Crippen LogP contribution is 2.34. The van der Waals surface area contributed by atoms with Crippen molar-refractivity contribution >= 4 is 6.09 Å². The molecule has 0 aliphatic carbocycles. The third kappa shape index (κ3) is 4.97. The second-order valence-corrected chi connectivity index (χ2v) is 7.84. The first-order valence-corrected chi connectivity index (χ1v) is 9.62. The minimum absolute atomic E-state index is 0.112. The first kappa shape index (κ1) is 19.8. The third-order valence-electron chi connectivity index (χ3n) is 4.88. The van der Waals surface area contributed by atoms with Crippen LogP contribution in [0.3, 0.4) is 0 Å². The van der Waals surface area contributed by atoms with Crippen molar-refractivity contribution in [3.63, 3.8) is 0 Å². The molecule has 0 saturated heterocycles. The lowest BCUT2D eigenvalue weighted by atomic mass is 9.90. The molecule has 0 radical (unpaired) electrons. The smallest absolute Gasteiger partial charge is 0.410 e. The van der Waals surface area contributed by atoms with Gasteiger partial charge in [-0.25, -0.2) is 4.79 Å². The number of nitrogens with zero attached hydrogens (tertiary/aromatic N) is 2. The zero-order chi connectivity index (χ0) is 18.6. The van der Waals surface area contributed by atoms with Crippen LogP contribution in [0.5, 0.6) is 0 Å². The highest BCUT2D eigenvalue weighted by molar-refractivity contribution is 5.69. The van der Waals surface area contributed by atoms with Gasteiger partial charge in [0.2, 0.25) is 0 Å². The number of benzene rings is 1. The summed E-state index contributed by atoms with van der Waals surface area (Å²) in [5.74, 6) is 0. The quantitative estimate of drug-likeness (QED) is 0.770. The molecule has 0 fully saturated rings. The molecule has 1 heterocycles. The zero-order valence-corrected chi connectivity index (χ0v) is 16.8. The molecule has 2 rings (SSSR count). The second-order valence-electron chi connectivity index (χ2n) is 7.84. The molecule has 1 aliphatic heterocycles. The maximum absolute atomic E-state index is 12.6. The van der Waals surface area contributed by atoms with Gasteiger partial charge in [-0.3, -0.25) is 4.90 Å². The fraction of sp³-hybridized carbons (Fsp3) is 0.667. The Hall–Kier alpha value is -1.55. The first-order valence-electron chi connectivity index (χ1n) is 9.62. The fourth-order valence-corrected chi connectivity index (χ4v) is 3.55. The van der Waals surface area contributed by atoms with Gasteiger partial charge in [0.1, 0.15) is 5.60 Å². The fourth-order valence-electron chi connectivity index (χ4n) is 3.55. The van der Waals surface area contributed by atoms with E-state index < -0.39 is 5.60 Å². The van der Waals surface area contributed by atoms with E-state index in [2.05, 4.69) is 43.9 Å². The maximum Gasteiger partial charge on any atom is 0.410 e. The number of amides is 1. The summed E-state index contributed by atoms with van der Waals surface area (Å²) in [6, 6.07) is 6.89. The molecule has 1 aromatic carbocycles. The standard InChI is InChI=1S/C21H34N2O2/c1-7-19-18-11-10-16(15-22(8-2)9-3)14-17(18)12-13-23(19)20(24)25-21(4,5)6/h10-11,14,19H,7-9,12-13,15H2,1-6H3. The summed E-state index contributed by atoms with van der Waals surface area (Å²) in [6.45, 7) is 16.2. The van der Waals surface area contributed by atoms with Gasteiger partial charge in [-0.05, 0) is 63.4 Å². The third-order valence-corrected chi connectivity index (χ3v) is 4.88. The highest BCUT2D eigenvalue weighted by atomic mass is 16.6. The van der Waals surface area contributed by atoms with E-state index >= 15 is 0 Å². The van der Waals surface area contributed by atoms with Crippen molar-refractivity contribution in [1.82, 2.24) is 9.80 Å². The van der Waals surface area contributed by atoms with Gasteiger partial charge in [0.05, 0.1) is 6.04 Å². The summed E-state index contributed by atoms with van der Waals surface area (Å²) < 4.78 is 5.61. The van der Waals surface area contributed by atoms with Crippen LogP contribution in [0, 0.1) is 0 Å². The molecule has 1 aromatic rings. The van der Waals surface area contributed by atoms with Crippen molar-refractivity contribution < 1.29 is 9.53 Å². The molecule has 140 valence electrons. The lowest BCUT2D eigenvalue weighted by molar-refractivity contribution is 0.0137. The molecule has 4 nitrogen and oxygen atoms in total. The predicted octanol–water partition coefficient (Wildman–Crippen LogP) is 4.77. The number of carbonyl (C=O) groups is 1. The van der Waals surface area contributed by atoms with Gasteiger partial charge < -0.3 is 9.64 Å². The minimum atomic E-state index is -0.455. The van der Waals surface area contributed by atoms with Crippen LogP contribution in [-0.4, -0.2) is 41.1 Å². The average Bonchev–Trinajstić information content (AvgIpc) is 2.56. The number of ether oxygens (including phenoxy) is 1. The minimum Gasteiger partial charge on any atom is -0.444 e. The van der Waals surface area contributed by atoms with E-state index in [9.17, 15) is 4.79 Å². The lowest BCUT2D eigenvalue weighted by Gasteiger charge is -2.38. The van der Waals surface area contributed by atoms with E-state index in [1.807, 2.05) is 25.7 Å². The molecular formula is C21H34N2O2. The molecule has 1 atom stereocenters. The summed E-state index contributed by atoms with van der Waals surface area (Å²) >= 11 is 0. The van der Waals surface area contributed by atoms with Crippen molar-refractivity contribution in [3.05, 3.63) is 34.9 Å². The topological polar surface area (TPSA) is 32.8 Å². The Labute approximate surface area is 153 Å². The average molecular weight is 347 g/mol. The molecular weight excluding hydrogens is 312 g/mol. The highest BCUT2D eigenvalue weighted by Gasteiger charge is 2.32. The number of hydrogen-bond donors (Lipinski definition) is 0. The monoisotopic (exact) mass is 346 g/mol.